The number of nitriles is 1. The van der Waals surface area contributed by atoms with Gasteiger partial charge in [-0.25, -0.2) is 0 Å². The highest BCUT2D eigenvalue weighted by molar-refractivity contribution is 9.09. The van der Waals surface area contributed by atoms with Gasteiger partial charge in [-0.2, -0.15) is 5.26 Å². The maximum Gasteiger partial charge on any atom is 0.0635 e. The molecule has 1 saturated carbocycles. The molecule has 0 spiro atoms. The molecule has 1 aromatic rings. The lowest BCUT2D eigenvalue weighted by Crippen LogP contribution is -2.31. The smallest absolute Gasteiger partial charge is 0.0635 e. The zero-order valence-corrected chi connectivity index (χ0v) is 12.1. The minimum Gasteiger partial charge on any atom is -0.297 e. The Morgan fingerprint density at radius 2 is 2.33 bits per heavy atom. The number of pyridine rings is 1. The highest BCUT2D eigenvalue weighted by Crippen LogP contribution is 2.47. The molecule has 1 aliphatic carbocycles. The maximum atomic E-state index is 8.75. The Balaban J connectivity index is 1.95. The third-order valence-corrected chi connectivity index (χ3v) is 4.66. The lowest BCUT2D eigenvalue weighted by molar-refractivity contribution is 0.227. The van der Waals surface area contributed by atoms with Crippen LogP contribution in [0.5, 0.6) is 0 Å². The van der Waals surface area contributed by atoms with E-state index in [0.717, 1.165) is 25.0 Å². The average Bonchev–Trinajstić information content (AvgIpc) is 3.17. The normalized spacial score (nSPS) is 16.5. The molecule has 0 bridgehead atoms. The first-order chi connectivity index (χ1) is 8.78. The largest absolute Gasteiger partial charge is 0.297 e. The molecular formula is C14H18BrN3. The average molecular weight is 308 g/mol. The Hall–Kier alpha value is -0.920. The van der Waals surface area contributed by atoms with Crippen molar-refractivity contribution in [3.05, 3.63) is 30.1 Å². The zero-order chi connectivity index (χ0) is 12.8. The number of aromatic nitrogens is 1. The van der Waals surface area contributed by atoms with E-state index in [0.29, 0.717) is 11.8 Å². The van der Waals surface area contributed by atoms with E-state index in [2.05, 4.69) is 37.9 Å². The predicted molar refractivity (Wildman–Crippen MR) is 75.2 cm³/mol. The van der Waals surface area contributed by atoms with Crippen LogP contribution in [0, 0.1) is 16.7 Å². The summed E-state index contributed by atoms with van der Waals surface area (Å²) in [4.78, 5) is 6.53. The first kappa shape index (κ1) is 13.5. The van der Waals surface area contributed by atoms with Gasteiger partial charge in [0, 0.05) is 43.8 Å². The van der Waals surface area contributed by atoms with Gasteiger partial charge in [-0.1, -0.05) is 22.0 Å². The highest BCUT2D eigenvalue weighted by Gasteiger charge is 2.42. The van der Waals surface area contributed by atoms with E-state index in [1.54, 1.807) is 6.20 Å². The molecule has 3 nitrogen and oxygen atoms in total. The quantitative estimate of drug-likeness (QED) is 0.727. The van der Waals surface area contributed by atoms with Crippen LogP contribution in [0.15, 0.2) is 24.5 Å². The number of alkyl halides is 1. The summed E-state index contributed by atoms with van der Waals surface area (Å²) in [6.07, 6.45) is 6.90. The van der Waals surface area contributed by atoms with Crippen molar-refractivity contribution in [1.29, 1.82) is 5.26 Å². The fraction of sp³-hybridized carbons (Fsp3) is 0.571. The number of nitrogens with zero attached hydrogens (tertiary/aromatic N) is 3. The van der Waals surface area contributed by atoms with Gasteiger partial charge in [0.15, 0.2) is 0 Å². The zero-order valence-electron chi connectivity index (χ0n) is 10.5. The second-order valence-corrected chi connectivity index (χ2v) is 5.67. The monoisotopic (exact) mass is 307 g/mol. The molecule has 0 N–H and O–H groups in total. The molecular weight excluding hydrogens is 290 g/mol. The third kappa shape index (κ3) is 3.79. The lowest BCUT2D eigenvalue weighted by atomic mass is 10.1. The van der Waals surface area contributed by atoms with Crippen LogP contribution in [0.4, 0.5) is 0 Å². The molecule has 0 radical (unpaired) electrons. The van der Waals surface area contributed by atoms with Crippen LogP contribution in [0.1, 0.15) is 24.8 Å². The van der Waals surface area contributed by atoms with E-state index in [4.69, 9.17) is 5.26 Å². The first-order valence-electron chi connectivity index (χ1n) is 6.32. The number of hydrogen-bond acceptors (Lipinski definition) is 3. The molecule has 1 aliphatic rings. The van der Waals surface area contributed by atoms with Gasteiger partial charge in [-0.3, -0.25) is 9.88 Å². The molecule has 0 aliphatic heterocycles. The van der Waals surface area contributed by atoms with Crippen LogP contribution >= 0.6 is 15.9 Å². The molecule has 0 saturated heterocycles. The van der Waals surface area contributed by atoms with Crippen molar-refractivity contribution in [2.75, 3.05) is 18.4 Å². The summed E-state index contributed by atoms with van der Waals surface area (Å²) in [7, 11) is 0. The third-order valence-electron chi connectivity index (χ3n) is 3.47. The molecule has 1 fully saturated rings. The maximum absolute atomic E-state index is 8.75. The summed E-state index contributed by atoms with van der Waals surface area (Å²) >= 11 is 3.61. The number of hydrogen-bond donors (Lipinski definition) is 0. The summed E-state index contributed by atoms with van der Waals surface area (Å²) in [5, 5.41) is 9.82. The van der Waals surface area contributed by atoms with Crippen molar-refractivity contribution >= 4 is 15.9 Å². The molecule has 0 aromatic carbocycles. The van der Waals surface area contributed by atoms with Crippen LogP contribution in [0.2, 0.25) is 0 Å². The van der Waals surface area contributed by atoms with Crippen molar-refractivity contribution in [1.82, 2.24) is 9.88 Å². The van der Waals surface area contributed by atoms with Gasteiger partial charge in [0.2, 0.25) is 0 Å². The van der Waals surface area contributed by atoms with E-state index in [1.165, 1.54) is 18.4 Å². The first-order valence-corrected chi connectivity index (χ1v) is 7.44. The second-order valence-electron chi connectivity index (χ2n) is 5.11. The van der Waals surface area contributed by atoms with E-state index < -0.39 is 0 Å². The molecule has 0 unspecified atom stereocenters. The van der Waals surface area contributed by atoms with Gasteiger partial charge in [0.25, 0.3) is 0 Å². The summed E-state index contributed by atoms with van der Waals surface area (Å²) in [6, 6.07) is 6.30. The topological polar surface area (TPSA) is 39.9 Å². The fourth-order valence-corrected chi connectivity index (χ4v) is 2.90. The highest BCUT2D eigenvalue weighted by atomic mass is 79.9. The standard InChI is InChI=1S/C14H18BrN3/c15-11-14(4-5-14)12-18(8-2-6-16)10-13-3-1-7-17-9-13/h1,3,7,9H,2,4-5,8,10-12H2. The molecule has 4 heteroatoms. The molecule has 0 atom stereocenters. The Morgan fingerprint density at radius 1 is 1.50 bits per heavy atom. The molecule has 0 amide bonds. The van der Waals surface area contributed by atoms with Crippen molar-refractivity contribution in [2.45, 2.75) is 25.8 Å². The van der Waals surface area contributed by atoms with Gasteiger partial charge < -0.3 is 0 Å². The van der Waals surface area contributed by atoms with E-state index >= 15 is 0 Å². The summed E-state index contributed by atoms with van der Waals surface area (Å²) < 4.78 is 0. The number of rotatable bonds is 7. The Morgan fingerprint density at radius 3 is 2.89 bits per heavy atom. The fourth-order valence-electron chi connectivity index (χ4n) is 2.16. The van der Waals surface area contributed by atoms with Crippen molar-refractivity contribution in [2.24, 2.45) is 5.41 Å². The van der Waals surface area contributed by atoms with Crippen LogP contribution < -0.4 is 0 Å². The number of halogens is 1. The van der Waals surface area contributed by atoms with Gasteiger partial charge >= 0.3 is 0 Å². The summed E-state index contributed by atoms with van der Waals surface area (Å²) in [5.41, 5.74) is 1.68. The molecule has 96 valence electrons. The van der Waals surface area contributed by atoms with Crippen molar-refractivity contribution in [3.63, 3.8) is 0 Å². The van der Waals surface area contributed by atoms with Crippen molar-refractivity contribution < 1.29 is 0 Å². The molecule has 18 heavy (non-hydrogen) atoms. The summed E-state index contributed by atoms with van der Waals surface area (Å²) in [5.74, 6) is 0. The molecule has 1 aromatic heterocycles. The lowest BCUT2D eigenvalue weighted by Gasteiger charge is -2.25. The van der Waals surface area contributed by atoms with Gasteiger partial charge in [0.05, 0.1) is 6.07 Å². The van der Waals surface area contributed by atoms with Crippen LogP contribution in [-0.4, -0.2) is 28.3 Å². The molecule has 2 rings (SSSR count). The van der Waals surface area contributed by atoms with E-state index in [1.807, 2.05) is 12.3 Å². The van der Waals surface area contributed by atoms with E-state index in [-0.39, 0.29) is 0 Å². The minimum atomic E-state index is 0.456. The Labute approximate surface area is 117 Å². The Bertz CT molecular complexity index is 409. The van der Waals surface area contributed by atoms with Crippen molar-refractivity contribution in [3.8, 4) is 6.07 Å². The van der Waals surface area contributed by atoms with Crippen LogP contribution in [0.25, 0.3) is 0 Å². The van der Waals surface area contributed by atoms with Crippen LogP contribution in [-0.2, 0) is 6.54 Å². The second kappa shape index (κ2) is 6.31. The van der Waals surface area contributed by atoms with E-state index in [9.17, 15) is 0 Å². The van der Waals surface area contributed by atoms with Crippen LogP contribution in [0.3, 0.4) is 0 Å². The molecule has 1 heterocycles. The van der Waals surface area contributed by atoms with Gasteiger partial charge in [-0.05, 0) is 29.9 Å². The predicted octanol–water partition coefficient (Wildman–Crippen LogP) is 2.97. The SMILES string of the molecule is N#CCCN(Cc1cccnc1)CC1(CBr)CC1. The van der Waals surface area contributed by atoms with Gasteiger partial charge in [-0.15, -0.1) is 0 Å². The minimum absolute atomic E-state index is 0.456. The van der Waals surface area contributed by atoms with Gasteiger partial charge in [0.1, 0.15) is 0 Å². The Kier molecular flexibility index (Phi) is 4.73. The summed E-state index contributed by atoms with van der Waals surface area (Å²) in [6.45, 7) is 2.82.